The number of allylic oxidation sites excluding steroid dienone is 2. The van der Waals surface area contributed by atoms with E-state index < -0.39 is 0 Å². The van der Waals surface area contributed by atoms with Gasteiger partial charge in [-0.05, 0) is 105 Å². The highest BCUT2D eigenvalue weighted by Crippen LogP contribution is 2.62. The second-order valence-corrected chi connectivity index (χ2v) is 10.9. The molecule has 3 saturated carbocycles. The summed E-state index contributed by atoms with van der Waals surface area (Å²) in [6.07, 6.45) is 13.7. The van der Waals surface area contributed by atoms with Crippen molar-refractivity contribution in [2.75, 3.05) is 6.54 Å². The summed E-state index contributed by atoms with van der Waals surface area (Å²) >= 11 is 0. The van der Waals surface area contributed by atoms with Crippen molar-refractivity contribution >= 4 is 5.78 Å². The zero-order chi connectivity index (χ0) is 18.3. The minimum Gasteiger partial charge on any atom is -0.371 e. The maximum Gasteiger partial charge on any atom is 0.155 e. The average Bonchev–Trinajstić information content (AvgIpc) is 3.17. The van der Waals surface area contributed by atoms with Gasteiger partial charge in [0.05, 0.1) is 0 Å². The van der Waals surface area contributed by atoms with E-state index in [4.69, 9.17) is 0 Å². The number of hydrogen-bond acceptors (Lipinski definition) is 2. The predicted octanol–water partition coefficient (Wildman–Crippen LogP) is 5.35. The molecule has 0 spiro atoms. The molecule has 146 valence electrons. The highest BCUT2D eigenvalue weighted by molar-refractivity contribution is 5.91. The Kier molecular flexibility index (Phi) is 3.73. The van der Waals surface area contributed by atoms with Crippen LogP contribution in [0, 0.1) is 41.4 Å². The van der Waals surface area contributed by atoms with Gasteiger partial charge >= 0.3 is 0 Å². The Hall–Kier alpha value is -1.05. The van der Waals surface area contributed by atoms with Crippen LogP contribution in [0.2, 0.25) is 0 Å². The number of nitrogens with zero attached hydrogens (tertiary/aromatic N) is 1. The quantitative estimate of drug-likeness (QED) is 0.576. The van der Waals surface area contributed by atoms with Gasteiger partial charge in [0, 0.05) is 30.6 Å². The Bertz CT molecular complexity index is 733. The molecule has 2 aliphatic heterocycles. The van der Waals surface area contributed by atoms with Crippen LogP contribution in [0.15, 0.2) is 22.9 Å². The van der Waals surface area contributed by atoms with Gasteiger partial charge in [0.2, 0.25) is 0 Å². The minimum absolute atomic E-state index is 0.399. The zero-order valence-corrected chi connectivity index (χ0v) is 17.1. The third kappa shape index (κ3) is 2.34. The molecule has 6 rings (SSSR count). The van der Waals surface area contributed by atoms with Crippen LogP contribution >= 0.6 is 0 Å². The van der Waals surface area contributed by atoms with Gasteiger partial charge in [-0.2, -0.15) is 0 Å². The molecule has 0 N–H and O–H groups in total. The summed E-state index contributed by atoms with van der Waals surface area (Å²) in [7, 11) is 0. The van der Waals surface area contributed by atoms with E-state index in [0.717, 1.165) is 60.3 Å². The number of carbonyl (C=O) groups excluding carboxylic acids is 1. The highest BCUT2D eigenvalue weighted by Gasteiger charge is 2.57. The molecule has 0 aromatic rings. The van der Waals surface area contributed by atoms with Crippen LogP contribution in [0.4, 0.5) is 0 Å². The molecule has 1 saturated heterocycles. The Morgan fingerprint density at radius 3 is 2.67 bits per heavy atom. The lowest BCUT2D eigenvalue weighted by molar-refractivity contribution is -0.115. The lowest BCUT2D eigenvalue weighted by Crippen LogP contribution is -2.42. The van der Waals surface area contributed by atoms with Gasteiger partial charge in [-0.25, -0.2) is 0 Å². The molecule has 8 atom stereocenters. The van der Waals surface area contributed by atoms with Gasteiger partial charge in [0.25, 0.3) is 0 Å². The maximum absolute atomic E-state index is 11.9. The van der Waals surface area contributed by atoms with E-state index in [0.29, 0.717) is 5.78 Å². The van der Waals surface area contributed by atoms with Crippen LogP contribution in [0.3, 0.4) is 0 Å². The molecule has 0 amide bonds. The molecule has 0 aromatic carbocycles. The van der Waals surface area contributed by atoms with Gasteiger partial charge < -0.3 is 4.90 Å². The van der Waals surface area contributed by atoms with E-state index in [1.165, 1.54) is 57.1 Å². The fourth-order valence-electron chi connectivity index (χ4n) is 8.78. The predicted molar refractivity (Wildman–Crippen MR) is 108 cm³/mol. The van der Waals surface area contributed by atoms with E-state index in [2.05, 4.69) is 18.7 Å². The molecule has 0 unspecified atom stereocenters. The second kappa shape index (κ2) is 5.97. The van der Waals surface area contributed by atoms with Crippen molar-refractivity contribution in [1.82, 2.24) is 4.90 Å². The Morgan fingerprint density at radius 1 is 0.926 bits per heavy atom. The van der Waals surface area contributed by atoms with E-state index in [-0.39, 0.29) is 0 Å². The van der Waals surface area contributed by atoms with Crippen molar-refractivity contribution in [2.24, 2.45) is 41.4 Å². The smallest absolute Gasteiger partial charge is 0.155 e. The van der Waals surface area contributed by atoms with Crippen molar-refractivity contribution in [2.45, 2.75) is 77.7 Å². The summed E-state index contributed by atoms with van der Waals surface area (Å²) in [4.78, 5) is 14.8. The summed E-state index contributed by atoms with van der Waals surface area (Å²) in [5, 5.41) is 0. The number of ketones is 1. The van der Waals surface area contributed by atoms with Crippen molar-refractivity contribution in [1.29, 1.82) is 0 Å². The van der Waals surface area contributed by atoms with E-state index in [1.54, 1.807) is 11.3 Å². The van der Waals surface area contributed by atoms with Gasteiger partial charge in [0.1, 0.15) is 0 Å². The first-order valence-corrected chi connectivity index (χ1v) is 11.8. The van der Waals surface area contributed by atoms with Gasteiger partial charge in [0.15, 0.2) is 5.78 Å². The Labute approximate surface area is 164 Å². The second-order valence-electron chi connectivity index (χ2n) is 10.9. The van der Waals surface area contributed by atoms with Crippen LogP contribution in [-0.2, 0) is 4.79 Å². The largest absolute Gasteiger partial charge is 0.371 e. The van der Waals surface area contributed by atoms with E-state index in [9.17, 15) is 4.79 Å². The lowest BCUT2D eigenvalue weighted by Gasteiger charge is -2.49. The zero-order valence-electron chi connectivity index (χ0n) is 17.1. The molecule has 0 radical (unpaired) electrons. The number of rotatable bonds is 0. The number of piperidine rings is 1. The van der Waals surface area contributed by atoms with Crippen molar-refractivity contribution < 1.29 is 4.79 Å². The molecule has 2 heterocycles. The van der Waals surface area contributed by atoms with Gasteiger partial charge in [-0.15, -0.1) is 0 Å². The Balaban J connectivity index is 1.29. The molecule has 6 aliphatic rings. The summed E-state index contributed by atoms with van der Waals surface area (Å²) < 4.78 is 0. The number of hydrogen-bond donors (Lipinski definition) is 0. The molecule has 0 aromatic heterocycles. The fraction of sp³-hybridized carbons (Fsp3) is 0.800. The molecule has 27 heavy (non-hydrogen) atoms. The summed E-state index contributed by atoms with van der Waals surface area (Å²) in [6, 6.07) is 0.835. The monoisotopic (exact) mass is 365 g/mol. The molecule has 2 heteroatoms. The van der Waals surface area contributed by atoms with Crippen LogP contribution in [-0.4, -0.2) is 23.3 Å². The van der Waals surface area contributed by atoms with Crippen molar-refractivity contribution in [3.63, 3.8) is 0 Å². The summed E-state index contributed by atoms with van der Waals surface area (Å²) in [6.45, 7) is 6.27. The average molecular weight is 366 g/mol. The topological polar surface area (TPSA) is 20.3 Å². The van der Waals surface area contributed by atoms with Crippen LogP contribution in [0.1, 0.15) is 71.6 Å². The summed E-state index contributed by atoms with van der Waals surface area (Å²) in [5.74, 6) is 6.66. The SMILES string of the molecule is CC1=C2CC[C@H](C)CN2[C@@H]2C[C@@H]3[C@@H]4CCC5=CC(=O)CC[C@@H]5[C@@H]4CC[C@H]3[C@H]12. The first-order chi connectivity index (χ1) is 13.1. The molecule has 0 bridgehead atoms. The van der Waals surface area contributed by atoms with Crippen molar-refractivity contribution in [3.05, 3.63) is 22.9 Å². The van der Waals surface area contributed by atoms with Gasteiger partial charge in [-0.1, -0.05) is 12.5 Å². The Morgan fingerprint density at radius 2 is 1.78 bits per heavy atom. The van der Waals surface area contributed by atoms with Gasteiger partial charge in [-0.3, -0.25) is 4.79 Å². The van der Waals surface area contributed by atoms with Crippen LogP contribution in [0.5, 0.6) is 0 Å². The highest BCUT2D eigenvalue weighted by atomic mass is 16.1. The number of fused-ring (bicyclic) bond motifs is 9. The lowest BCUT2D eigenvalue weighted by atomic mass is 9.55. The van der Waals surface area contributed by atoms with Crippen molar-refractivity contribution in [3.8, 4) is 0 Å². The normalized spacial score (nSPS) is 48.4. The molecule has 2 nitrogen and oxygen atoms in total. The van der Waals surface area contributed by atoms with E-state index in [1.807, 2.05) is 6.08 Å². The van der Waals surface area contributed by atoms with Crippen LogP contribution in [0.25, 0.3) is 0 Å². The summed E-state index contributed by atoms with van der Waals surface area (Å²) in [5.41, 5.74) is 5.08. The minimum atomic E-state index is 0.399. The molecule has 4 aliphatic carbocycles. The molecule has 4 fully saturated rings. The third-order valence-electron chi connectivity index (χ3n) is 9.76. The maximum atomic E-state index is 11.9. The fourth-order valence-corrected chi connectivity index (χ4v) is 8.78. The van der Waals surface area contributed by atoms with E-state index >= 15 is 0 Å². The standard InChI is InChI=1S/C25H35NO/c1-14-3-10-23-15(2)25-21-9-8-19-18-7-5-17(27)11-16(18)4-6-20(19)22(21)12-24(25)26(23)13-14/h11,14,18-22,24-25H,3-10,12-13H2,1-2H3/t14-,18-,19-,20+,21+,22+,24+,25-/m0/s1. The molecular weight excluding hydrogens is 330 g/mol. The molecular formula is C25H35NO. The first-order valence-electron chi connectivity index (χ1n) is 11.8. The first kappa shape index (κ1) is 16.9. The third-order valence-corrected chi connectivity index (χ3v) is 9.76. The van der Waals surface area contributed by atoms with Crippen LogP contribution < -0.4 is 0 Å². The number of carbonyl (C=O) groups is 1.